The summed E-state index contributed by atoms with van der Waals surface area (Å²) >= 11 is 0. The lowest BCUT2D eigenvalue weighted by Crippen LogP contribution is -2.82. The molecular weight excluding hydrogens is 290 g/mol. The van der Waals surface area contributed by atoms with Crippen molar-refractivity contribution in [3.63, 3.8) is 0 Å². The Morgan fingerprint density at radius 2 is 1.90 bits per heavy atom. The Bertz CT molecular complexity index is 514. The summed E-state index contributed by atoms with van der Waals surface area (Å²) in [6, 6.07) is 0.981. The van der Waals surface area contributed by atoms with Crippen molar-refractivity contribution in [1.29, 1.82) is 0 Å². The number of hydrogen-bond donors (Lipinski definition) is 0. The smallest absolute Gasteiger partial charge is 0.211 e. The molecule has 0 aromatic rings. The van der Waals surface area contributed by atoms with E-state index in [9.17, 15) is 8.42 Å². The van der Waals surface area contributed by atoms with Crippen molar-refractivity contribution in [2.45, 2.75) is 36.9 Å². The molecule has 0 N–H and O–H groups in total. The molecule has 1 aliphatic carbocycles. The summed E-state index contributed by atoms with van der Waals surface area (Å²) in [5.41, 5.74) is 0.0331. The van der Waals surface area contributed by atoms with Crippen molar-refractivity contribution in [1.82, 2.24) is 14.1 Å². The molecule has 3 aliphatic heterocycles. The first-order valence-corrected chi connectivity index (χ1v) is 9.86. The first kappa shape index (κ1) is 14.4. The molecule has 0 unspecified atom stereocenters. The van der Waals surface area contributed by atoms with Gasteiger partial charge in [-0.3, -0.25) is 9.80 Å². The zero-order chi connectivity index (χ0) is 14.7. The maximum atomic E-state index is 12.0. The third kappa shape index (κ3) is 2.34. The van der Waals surface area contributed by atoms with Gasteiger partial charge in [-0.1, -0.05) is 6.42 Å². The number of likely N-dealkylation sites (tertiary alicyclic amines) is 1. The molecule has 4 rings (SSSR count). The first-order chi connectivity index (χ1) is 9.98. The number of nitrogens with zero attached hydrogens (tertiary/aromatic N) is 3. The van der Waals surface area contributed by atoms with Gasteiger partial charge in [0, 0.05) is 44.8 Å². The highest BCUT2D eigenvalue weighted by molar-refractivity contribution is 7.88. The second-order valence-electron chi connectivity index (χ2n) is 7.19. The largest absolute Gasteiger partial charge is 0.378 e. The third-order valence-corrected chi connectivity index (χ3v) is 6.99. The zero-order valence-corrected chi connectivity index (χ0v) is 13.5. The van der Waals surface area contributed by atoms with Gasteiger partial charge < -0.3 is 4.74 Å². The topological polar surface area (TPSA) is 53.1 Å². The molecule has 0 amide bonds. The quantitative estimate of drug-likeness (QED) is 0.692. The molecule has 1 saturated carbocycles. The Kier molecular flexibility index (Phi) is 3.35. The summed E-state index contributed by atoms with van der Waals surface area (Å²) < 4.78 is 31.3. The van der Waals surface area contributed by atoms with Crippen LogP contribution in [0.1, 0.15) is 19.3 Å². The molecule has 4 fully saturated rings. The van der Waals surface area contributed by atoms with Crippen LogP contribution in [0.3, 0.4) is 0 Å². The predicted octanol–water partition coefficient (Wildman–Crippen LogP) is -0.431. The van der Waals surface area contributed by atoms with Crippen LogP contribution < -0.4 is 0 Å². The van der Waals surface area contributed by atoms with E-state index in [0.717, 1.165) is 32.3 Å². The van der Waals surface area contributed by atoms with Gasteiger partial charge >= 0.3 is 0 Å². The van der Waals surface area contributed by atoms with Gasteiger partial charge in [-0.15, -0.1) is 0 Å². The highest BCUT2D eigenvalue weighted by Gasteiger charge is 2.56. The van der Waals surface area contributed by atoms with E-state index in [0.29, 0.717) is 19.7 Å². The van der Waals surface area contributed by atoms with Gasteiger partial charge in [0.05, 0.1) is 25.0 Å². The number of piperazine rings is 1. The minimum Gasteiger partial charge on any atom is -0.378 e. The van der Waals surface area contributed by atoms with Crippen LogP contribution in [-0.2, 0) is 14.8 Å². The lowest BCUT2D eigenvalue weighted by atomic mass is 9.79. The monoisotopic (exact) mass is 315 g/mol. The lowest BCUT2D eigenvalue weighted by Gasteiger charge is -2.65. The second kappa shape index (κ2) is 4.89. The van der Waals surface area contributed by atoms with Gasteiger partial charge in [0.2, 0.25) is 10.0 Å². The summed E-state index contributed by atoms with van der Waals surface area (Å²) in [5, 5.41) is 0. The van der Waals surface area contributed by atoms with E-state index in [4.69, 9.17) is 4.74 Å². The van der Waals surface area contributed by atoms with Gasteiger partial charge in [-0.2, -0.15) is 4.31 Å². The second-order valence-corrected chi connectivity index (χ2v) is 9.17. The highest BCUT2D eigenvalue weighted by Crippen LogP contribution is 2.40. The molecule has 3 heterocycles. The fraction of sp³-hybridized carbons (Fsp3) is 1.00. The lowest BCUT2D eigenvalue weighted by molar-refractivity contribution is -0.166. The van der Waals surface area contributed by atoms with E-state index in [1.165, 1.54) is 25.5 Å². The van der Waals surface area contributed by atoms with Crippen molar-refractivity contribution in [2.75, 3.05) is 52.2 Å². The summed E-state index contributed by atoms with van der Waals surface area (Å²) in [5.74, 6) is 0. The first-order valence-electron chi connectivity index (χ1n) is 8.02. The molecule has 0 bridgehead atoms. The zero-order valence-electron chi connectivity index (χ0n) is 12.7. The summed E-state index contributed by atoms with van der Waals surface area (Å²) in [6.07, 6.45) is 5.32. The Labute approximate surface area is 127 Å². The molecule has 0 aromatic heterocycles. The molecule has 120 valence electrons. The molecule has 1 spiro atoms. The predicted molar refractivity (Wildman–Crippen MR) is 79.7 cm³/mol. The van der Waals surface area contributed by atoms with Crippen LogP contribution in [0.4, 0.5) is 0 Å². The molecule has 21 heavy (non-hydrogen) atoms. The SMILES string of the molecule is CS(=O)(=O)N1C[C@@H]2COCCN2C2(CN(C3CCC3)C2)C1. The molecule has 6 nitrogen and oxygen atoms in total. The third-order valence-electron chi connectivity index (χ3n) is 5.78. The van der Waals surface area contributed by atoms with Crippen molar-refractivity contribution in [3.8, 4) is 0 Å². The molecular formula is C14H25N3O3S. The Balaban J connectivity index is 1.55. The van der Waals surface area contributed by atoms with Crippen LogP contribution >= 0.6 is 0 Å². The van der Waals surface area contributed by atoms with Gasteiger partial charge in [0.1, 0.15) is 0 Å². The van der Waals surface area contributed by atoms with Crippen LogP contribution in [0.5, 0.6) is 0 Å². The standard InChI is InChI=1S/C14H25N3O3S/c1-21(18,19)16-7-13-8-20-6-5-17(13)14(11-16)9-15(10-14)12-3-2-4-12/h12-13H,2-11H2,1H3/t13-/m1/s1. The van der Waals surface area contributed by atoms with E-state index >= 15 is 0 Å². The molecule has 1 atom stereocenters. The Morgan fingerprint density at radius 3 is 2.52 bits per heavy atom. The highest BCUT2D eigenvalue weighted by atomic mass is 32.2. The van der Waals surface area contributed by atoms with E-state index in [1.807, 2.05) is 0 Å². The fourth-order valence-electron chi connectivity index (χ4n) is 4.40. The van der Waals surface area contributed by atoms with E-state index < -0.39 is 10.0 Å². The summed E-state index contributed by atoms with van der Waals surface area (Å²) in [6.45, 7) is 5.69. The fourth-order valence-corrected chi connectivity index (χ4v) is 5.32. The molecule has 4 aliphatic rings. The maximum absolute atomic E-state index is 12.0. The average Bonchev–Trinajstić information content (AvgIpc) is 2.33. The molecule has 0 aromatic carbocycles. The van der Waals surface area contributed by atoms with Crippen molar-refractivity contribution in [2.24, 2.45) is 0 Å². The van der Waals surface area contributed by atoms with Crippen LogP contribution in [-0.4, -0.2) is 92.3 Å². The van der Waals surface area contributed by atoms with Gasteiger partial charge in [0.25, 0.3) is 0 Å². The van der Waals surface area contributed by atoms with Crippen LogP contribution in [0.2, 0.25) is 0 Å². The van der Waals surface area contributed by atoms with Crippen LogP contribution in [0, 0.1) is 0 Å². The van der Waals surface area contributed by atoms with Gasteiger partial charge in [-0.25, -0.2) is 8.42 Å². The number of fused-ring (bicyclic) bond motifs is 2. The van der Waals surface area contributed by atoms with E-state index in [1.54, 1.807) is 4.31 Å². The number of sulfonamides is 1. The van der Waals surface area contributed by atoms with Crippen molar-refractivity contribution in [3.05, 3.63) is 0 Å². The van der Waals surface area contributed by atoms with Crippen molar-refractivity contribution < 1.29 is 13.2 Å². The summed E-state index contributed by atoms with van der Waals surface area (Å²) in [4.78, 5) is 5.11. The molecule has 7 heteroatoms. The van der Waals surface area contributed by atoms with Gasteiger partial charge in [-0.05, 0) is 12.8 Å². The minimum atomic E-state index is -3.12. The average molecular weight is 315 g/mol. The number of rotatable bonds is 2. The van der Waals surface area contributed by atoms with E-state index in [2.05, 4.69) is 9.80 Å². The van der Waals surface area contributed by atoms with Crippen LogP contribution in [0.25, 0.3) is 0 Å². The number of morpholine rings is 1. The Hall–Kier alpha value is -0.210. The number of ether oxygens (including phenoxy) is 1. The maximum Gasteiger partial charge on any atom is 0.211 e. The minimum absolute atomic E-state index is 0.0331. The molecule has 0 radical (unpaired) electrons. The Morgan fingerprint density at radius 1 is 1.14 bits per heavy atom. The summed E-state index contributed by atoms with van der Waals surface area (Å²) in [7, 11) is -3.12. The normalized spacial score (nSPS) is 35.2. The van der Waals surface area contributed by atoms with E-state index in [-0.39, 0.29) is 11.6 Å². The number of hydrogen-bond acceptors (Lipinski definition) is 5. The van der Waals surface area contributed by atoms with Gasteiger partial charge in [0.15, 0.2) is 0 Å². The van der Waals surface area contributed by atoms with Crippen LogP contribution in [0.15, 0.2) is 0 Å². The molecule has 3 saturated heterocycles. The van der Waals surface area contributed by atoms with Crippen molar-refractivity contribution >= 4 is 10.0 Å².